The Morgan fingerprint density at radius 1 is 1.36 bits per heavy atom. The highest BCUT2D eigenvalue weighted by Crippen LogP contribution is 2.26. The van der Waals surface area contributed by atoms with E-state index in [2.05, 4.69) is 34.1 Å². The summed E-state index contributed by atoms with van der Waals surface area (Å²) in [5.74, 6) is 0.773. The highest BCUT2D eigenvalue weighted by atomic mass is 16.6. The maximum atomic E-state index is 10.6. The van der Waals surface area contributed by atoms with E-state index >= 15 is 0 Å². The summed E-state index contributed by atoms with van der Waals surface area (Å²) in [6, 6.07) is 3.01. The van der Waals surface area contributed by atoms with Crippen molar-refractivity contribution in [3.05, 3.63) is 22.2 Å². The molecule has 124 valence electrons. The van der Waals surface area contributed by atoms with Crippen LogP contribution in [0.4, 0.5) is 11.4 Å². The van der Waals surface area contributed by atoms with E-state index in [9.17, 15) is 10.1 Å². The summed E-state index contributed by atoms with van der Waals surface area (Å²) in [5.41, 5.74) is 6.23. The monoisotopic (exact) mass is 311 g/mol. The molecular formula is C14H25N5O3. The fourth-order valence-corrected chi connectivity index (χ4v) is 1.49. The van der Waals surface area contributed by atoms with E-state index < -0.39 is 4.92 Å². The van der Waals surface area contributed by atoms with Crippen LogP contribution in [-0.2, 0) is 0 Å². The summed E-state index contributed by atoms with van der Waals surface area (Å²) in [5, 5.41) is 20.4. The quantitative estimate of drug-likeness (QED) is 0.657. The molecule has 0 saturated heterocycles. The Bertz CT molecular complexity index is 569. The van der Waals surface area contributed by atoms with Crippen LogP contribution in [0, 0.1) is 16.0 Å². The van der Waals surface area contributed by atoms with Crippen molar-refractivity contribution in [2.75, 3.05) is 18.9 Å². The fraction of sp³-hybridized carbons (Fsp3) is 0.571. The van der Waals surface area contributed by atoms with Crippen LogP contribution in [-0.4, -0.2) is 28.8 Å². The molecule has 0 unspecified atom stereocenters. The van der Waals surface area contributed by atoms with Gasteiger partial charge in [0.1, 0.15) is 5.52 Å². The average molecular weight is 311 g/mol. The normalized spacial score (nSPS) is 9.59. The van der Waals surface area contributed by atoms with Crippen molar-refractivity contribution in [1.82, 2.24) is 10.3 Å². The molecule has 22 heavy (non-hydrogen) atoms. The lowest BCUT2D eigenvalue weighted by atomic mass is 10.1. The number of hydrogen-bond acceptors (Lipinski definition) is 7. The number of aromatic nitrogens is 2. The number of hydrogen-bond donors (Lipinski definition) is 2. The molecule has 0 spiro atoms. The number of benzene rings is 1. The lowest BCUT2D eigenvalue weighted by Crippen LogP contribution is -2.01. The first-order valence-electron chi connectivity index (χ1n) is 7.28. The third-order valence-corrected chi connectivity index (χ3v) is 2.57. The van der Waals surface area contributed by atoms with Crippen LogP contribution in [0.25, 0.3) is 11.0 Å². The van der Waals surface area contributed by atoms with Gasteiger partial charge in [-0.05, 0) is 35.3 Å². The van der Waals surface area contributed by atoms with Gasteiger partial charge in [0, 0.05) is 18.8 Å². The second-order valence-electron chi connectivity index (χ2n) is 4.61. The Morgan fingerprint density at radius 3 is 2.41 bits per heavy atom. The van der Waals surface area contributed by atoms with Crippen LogP contribution in [0.5, 0.6) is 0 Å². The van der Waals surface area contributed by atoms with Crippen LogP contribution < -0.4 is 11.1 Å². The van der Waals surface area contributed by atoms with Crippen LogP contribution in [0.15, 0.2) is 16.8 Å². The Morgan fingerprint density at radius 2 is 2.00 bits per heavy atom. The molecule has 0 amide bonds. The molecule has 8 heteroatoms. The number of anilines is 1. The lowest BCUT2D eigenvalue weighted by molar-refractivity contribution is -0.383. The van der Waals surface area contributed by atoms with Crippen molar-refractivity contribution in [2.24, 2.45) is 11.7 Å². The summed E-state index contributed by atoms with van der Waals surface area (Å²) >= 11 is 0. The molecule has 0 fully saturated rings. The fourth-order valence-electron chi connectivity index (χ4n) is 1.49. The molecule has 0 aliphatic heterocycles. The van der Waals surface area contributed by atoms with E-state index in [1.165, 1.54) is 6.07 Å². The van der Waals surface area contributed by atoms with Crippen molar-refractivity contribution in [3.63, 3.8) is 0 Å². The highest BCUT2D eigenvalue weighted by molar-refractivity contribution is 5.87. The molecule has 1 heterocycles. The van der Waals surface area contributed by atoms with Gasteiger partial charge in [-0.15, -0.1) is 0 Å². The number of nitro benzene ring substituents is 1. The van der Waals surface area contributed by atoms with E-state index in [-0.39, 0.29) is 11.2 Å². The minimum absolute atomic E-state index is 0.117. The van der Waals surface area contributed by atoms with Crippen molar-refractivity contribution < 1.29 is 9.55 Å². The summed E-state index contributed by atoms with van der Waals surface area (Å²) in [4.78, 5) is 10.1. The van der Waals surface area contributed by atoms with Crippen molar-refractivity contribution >= 4 is 22.4 Å². The van der Waals surface area contributed by atoms with Gasteiger partial charge in [0.05, 0.1) is 4.92 Å². The van der Waals surface area contributed by atoms with Crippen molar-refractivity contribution in [3.8, 4) is 0 Å². The predicted octanol–water partition coefficient (Wildman–Crippen LogP) is 3.19. The lowest BCUT2D eigenvalue weighted by Gasteiger charge is -1.98. The van der Waals surface area contributed by atoms with Crippen molar-refractivity contribution in [1.29, 1.82) is 0 Å². The minimum Gasteiger partial charge on any atom is -0.388 e. The number of nitro groups is 1. The summed E-state index contributed by atoms with van der Waals surface area (Å²) in [6.45, 7) is 9.18. The topological polar surface area (TPSA) is 120 Å². The molecule has 0 aliphatic rings. The van der Waals surface area contributed by atoms with Crippen molar-refractivity contribution in [2.45, 2.75) is 34.1 Å². The summed E-state index contributed by atoms with van der Waals surface area (Å²) in [6.07, 6.45) is 1.15. The van der Waals surface area contributed by atoms with E-state index in [1.54, 1.807) is 13.1 Å². The van der Waals surface area contributed by atoms with Crippen LogP contribution in [0.2, 0.25) is 0 Å². The molecule has 0 radical (unpaired) electrons. The van der Waals surface area contributed by atoms with Gasteiger partial charge < -0.3 is 11.1 Å². The molecule has 2 aromatic rings. The van der Waals surface area contributed by atoms with Gasteiger partial charge in [0.25, 0.3) is 0 Å². The molecule has 2 rings (SSSR count). The molecule has 1 aromatic carbocycles. The van der Waals surface area contributed by atoms with Gasteiger partial charge in [-0.3, -0.25) is 10.1 Å². The second-order valence-corrected chi connectivity index (χ2v) is 4.61. The first-order chi connectivity index (χ1) is 10.5. The van der Waals surface area contributed by atoms with Crippen LogP contribution >= 0.6 is 0 Å². The molecule has 0 atom stereocenters. The molecule has 3 N–H and O–H groups in total. The van der Waals surface area contributed by atoms with E-state index in [4.69, 9.17) is 5.73 Å². The predicted molar refractivity (Wildman–Crippen MR) is 87.9 cm³/mol. The summed E-state index contributed by atoms with van der Waals surface area (Å²) in [7, 11) is 1.67. The molecule has 0 bridgehead atoms. The van der Waals surface area contributed by atoms with Gasteiger partial charge in [-0.1, -0.05) is 27.7 Å². The highest BCUT2D eigenvalue weighted by Gasteiger charge is 2.17. The first-order valence-corrected chi connectivity index (χ1v) is 7.28. The zero-order valence-electron chi connectivity index (χ0n) is 13.8. The number of nitrogens with two attached hydrogens (primary N) is 1. The Balaban J connectivity index is 0.000000470. The number of fused-ring (bicyclic) bond motifs is 1. The third-order valence-electron chi connectivity index (χ3n) is 2.57. The summed E-state index contributed by atoms with van der Waals surface area (Å²) < 4.78 is 4.42. The standard InChI is InChI=1S/C7H6N4O3.C5H13N.C2H6/c1-8-4-2-5-7(10-14-9-5)6(3-4)11(12)13;1-5(2)3-4-6;1-2/h2-3,8H,1H3;5H,3-4,6H2,1-2H3;1-2H3. The molecule has 1 aromatic heterocycles. The number of nitrogens with zero attached hydrogens (tertiary/aromatic N) is 3. The second kappa shape index (κ2) is 10.5. The minimum atomic E-state index is -0.520. The van der Waals surface area contributed by atoms with Gasteiger partial charge in [0.2, 0.25) is 5.52 Å². The SMILES string of the molecule is CC.CC(C)CCN.CNc1cc([N+](=O)[O-])c2nonc2c1. The Hall–Kier alpha value is -2.22. The number of nitrogens with one attached hydrogen (secondary N) is 1. The van der Waals surface area contributed by atoms with E-state index in [1.807, 2.05) is 13.8 Å². The maximum absolute atomic E-state index is 10.6. The van der Waals surface area contributed by atoms with Crippen LogP contribution in [0.3, 0.4) is 0 Å². The van der Waals surface area contributed by atoms with E-state index in [0.29, 0.717) is 11.2 Å². The van der Waals surface area contributed by atoms with Gasteiger partial charge >= 0.3 is 5.69 Å². The van der Waals surface area contributed by atoms with Gasteiger partial charge in [-0.25, -0.2) is 4.63 Å². The third kappa shape index (κ3) is 6.04. The Labute approximate surface area is 130 Å². The Kier molecular flexibility index (Phi) is 9.44. The zero-order valence-corrected chi connectivity index (χ0v) is 13.8. The number of rotatable bonds is 4. The van der Waals surface area contributed by atoms with Gasteiger partial charge in [0.15, 0.2) is 0 Å². The van der Waals surface area contributed by atoms with E-state index in [0.717, 1.165) is 18.9 Å². The maximum Gasteiger partial charge on any atom is 0.302 e. The molecular weight excluding hydrogens is 286 g/mol. The van der Waals surface area contributed by atoms with Gasteiger partial charge in [-0.2, -0.15) is 0 Å². The molecule has 8 nitrogen and oxygen atoms in total. The molecule has 0 aliphatic carbocycles. The van der Waals surface area contributed by atoms with Crippen LogP contribution in [0.1, 0.15) is 34.1 Å². The number of non-ortho nitro benzene ring substituents is 1. The first kappa shape index (κ1) is 19.8. The largest absolute Gasteiger partial charge is 0.388 e. The smallest absolute Gasteiger partial charge is 0.302 e. The molecule has 0 saturated carbocycles. The zero-order chi connectivity index (χ0) is 17.1. The average Bonchev–Trinajstić information content (AvgIpc) is 2.96.